The molecule has 1 atom stereocenters. The fraction of sp³-hybridized carbons (Fsp3) is 0.417. The van der Waals surface area contributed by atoms with Crippen LogP contribution in [-0.4, -0.2) is 25.4 Å². The van der Waals surface area contributed by atoms with Crippen LogP contribution in [0.3, 0.4) is 0 Å². The molecular weight excluding hydrogens is 222 g/mol. The van der Waals surface area contributed by atoms with E-state index in [4.69, 9.17) is 4.74 Å². The van der Waals surface area contributed by atoms with Crippen LogP contribution in [0.1, 0.15) is 18.0 Å². The molecule has 2 rings (SSSR count). The fourth-order valence-corrected chi connectivity index (χ4v) is 2.98. The second-order valence-electron chi connectivity index (χ2n) is 3.73. The molecule has 1 aromatic rings. The van der Waals surface area contributed by atoms with E-state index in [1.54, 1.807) is 0 Å². The number of thioether (sulfide) groups is 1. The minimum atomic E-state index is -0.0470. The van der Waals surface area contributed by atoms with Crippen molar-refractivity contribution in [1.82, 2.24) is 5.32 Å². The predicted octanol–water partition coefficient (Wildman–Crippen LogP) is 1.99. The van der Waals surface area contributed by atoms with Crippen LogP contribution in [0.2, 0.25) is 0 Å². The summed E-state index contributed by atoms with van der Waals surface area (Å²) >= 11 is 1.85. The summed E-state index contributed by atoms with van der Waals surface area (Å²) in [5.74, 6) is 1.00. The van der Waals surface area contributed by atoms with Gasteiger partial charge in [-0.25, -0.2) is 0 Å². The molecule has 1 aliphatic rings. The number of ether oxygens (including phenoxy) is 1. The zero-order valence-electron chi connectivity index (χ0n) is 9.23. The average Bonchev–Trinajstić information content (AvgIpc) is 2.30. The number of carbonyl (C=O) groups excluding carboxylic acids is 1. The zero-order chi connectivity index (χ0) is 11.4. The Morgan fingerprint density at radius 2 is 2.38 bits per heavy atom. The van der Waals surface area contributed by atoms with Gasteiger partial charge in [0.25, 0.3) is 0 Å². The second kappa shape index (κ2) is 5.37. The normalized spacial score (nSPS) is 18.9. The summed E-state index contributed by atoms with van der Waals surface area (Å²) in [5, 5.41) is 3.00. The van der Waals surface area contributed by atoms with Gasteiger partial charge in [0, 0.05) is 17.8 Å². The van der Waals surface area contributed by atoms with Crippen LogP contribution in [0, 0.1) is 0 Å². The molecule has 16 heavy (non-hydrogen) atoms. The molecule has 0 bridgehead atoms. The molecule has 0 unspecified atom stereocenters. The van der Waals surface area contributed by atoms with Gasteiger partial charge in [-0.1, -0.05) is 18.2 Å². The summed E-state index contributed by atoms with van der Waals surface area (Å²) in [6, 6.07) is 8.37. The highest BCUT2D eigenvalue weighted by Crippen LogP contribution is 2.35. The molecule has 0 radical (unpaired) electrons. The minimum absolute atomic E-state index is 0.0470. The summed E-state index contributed by atoms with van der Waals surface area (Å²) in [6.07, 6.45) is 0.983. The number of benzene rings is 1. The van der Waals surface area contributed by atoms with Crippen LogP contribution >= 0.6 is 11.8 Å². The molecule has 0 saturated carbocycles. The first kappa shape index (κ1) is 11.5. The van der Waals surface area contributed by atoms with Gasteiger partial charge in [0.15, 0.2) is 0 Å². The van der Waals surface area contributed by atoms with Crippen LogP contribution < -0.4 is 5.32 Å². The van der Waals surface area contributed by atoms with Gasteiger partial charge in [0.05, 0.1) is 6.04 Å². The molecule has 1 aromatic carbocycles. The van der Waals surface area contributed by atoms with Gasteiger partial charge in [0.1, 0.15) is 6.61 Å². The molecule has 1 N–H and O–H groups in total. The summed E-state index contributed by atoms with van der Waals surface area (Å²) in [4.78, 5) is 12.8. The molecule has 86 valence electrons. The standard InChI is InChI=1S/C12H15NO2S/c1-15-8-12(14)13-10-6-7-16-11-5-3-2-4-9(10)11/h2-5,10H,6-8H2,1H3,(H,13,14)/t10-/m1/s1. The van der Waals surface area contributed by atoms with E-state index < -0.39 is 0 Å². The second-order valence-corrected chi connectivity index (χ2v) is 4.86. The van der Waals surface area contributed by atoms with Gasteiger partial charge in [-0.2, -0.15) is 0 Å². The van der Waals surface area contributed by atoms with Gasteiger partial charge in [0.2, 0.25) is 5.91 Å². The third-order valence-corrected chi connectivity index (χ3v) is 3.69. The van der Waals surface area contributed by atoms with Crippen LogP contribution in [0.15, 0.2) is 29.2 Å². The van der Waals surface area contributed by atoms with Crippen molar-refractivity contribution >= 4 is 17.7 Å². The highest BCUT2D eigenvalue weighted by atomic mass is 32.2. The molecule has 0 aliphatic carbocycles. The maximum absolute atomic E-state index is 11.5. The number of hydrogen-bond acceptors (Lipinski definition) is 3. The monoisotopic (exact) mass is 237 g/mol. The Bertz CT molecular complexity index is 381. The number of methoxy groups -OCH3 is 1. The van der Waals surface area contributed by atoms with Crippen molar-refractivity contribution in [3.63, 3.8) is 0 Å². The molecule has 1 heterocycles. The van der Waals surface area contributed by atoms with Crippen molar-refractivity contribution in [2.45, 2.75) is 17.4 Å². The van der Waals surface area contributed by atoms with E-state index in [9.17, 15) is 4.79 Å². The van der Waals surface area contributed by atoms with Gasteiger partial charge >= 0.3 is 0 Å². The third kappa shape index (κ3) is 2.57. The molecule has 0 spiro atoms. The number of rotatable bonds is 3. The quantitative estimate of drug-likeness (QED) is 0.873. The Hall–Kier alpha value is -1.00. The lowest BCUT2D eigenvalue weighted by Crippen LogP contribution is -2.33. The van der Waals surface area contributed by atoms with Crippen LogP contribution in [0.25, 0.3) is 0 Å². The van der Waals surface area contributed by atoms with Crippen molar-refractivity contribution in [2.24, 2.45) is 0 Å². The van der Waals surface area contributed by atoms with Crippen LogP contribution in [0.4, 0.5) is 0 Å². The highest BCUT2D eigenvalue weighted by Gasteiger charge is 2.21. The molecule has 4 heteroatoms. The number of hydrogen-bond donors (Lipinski definition) is 1. The largest absolute Gasteiger partial charge is 0.375 e. The zero-order valence-corrected chi connectivity index (χ0v) is 10.0. The Balaban J connectivity index is 2.10. The van der Waals surface area contributed by atoms with Crippen molar-refractivity contribution < 1.29 is 9.53 Å². The van der Waals surface area contributed by atoms with E-state index in [-0.39, 0.29) is 18.6 Å². The molecule has 1 amide bonds. The van der Waals surface area contributed by atoms with Crippen molar-refractivity contribution in [2.75, 3.05) is 19.5 Å². The summed E-state index contributed by atoms with van der Waals surface area (Å²) in [5.41, 5.74) is 1.23. The van der Waals surface area contributed by atoms with Crippen molar-refractivity contribution in [1.29, 1.82) is 0 Å². The van der Waals surface area contributed by atoms with E-state index in [0.717, 1.165) is 12.2 Å². The smallest absolute Gasteiger partial charge is 0.246 e. The molecule has 3 nitrogen and oxygen atoms in total. The Morgan fingerprint density at radius 1 is 1.56 bits per heavy atom. The highest BCUT2D eigenvalue weighted by molar-refractivity contribution is 7.99. The summed E-state index contributed by atoms with van der Waals surface area (Å²) in [6.45, 7) is 0.131. The van der Waals surface area contributed by atoms with Crippen molar-refractivity contribution in [3.8, 4) is 0 Å². The molecule has 0 fully saturated rings. The number of amides is 1. The fourth-order valence-electron chi connectivity index (χ4n) is 1.86. The molecule has 0 saturated heterocycles. The van der Waals surface area contributed by atoms with Crippen LogP contribution in [-0.2, 0) is 9.53 Å². The summed E-state index contributed by atoms with van der Waals surface area (Å²) < 4.78 is 4.82. The number of fused-ring (bicyclic) bond motifs is 1. The van der Waals surface area contributed by atoms with Crippen molar-refractivity contribution in [3.05, 3.63) is 29.8 Å². The Kier molecular flexibility index (Phi) is 3.85. The van der Waals surface area contributed by atoms with E-state index in [2.05, 4.69) is 17.4 Å². The lowest BCUT2D eigenvalue weighted by molar-refractivity contribution is -0.125. The summed E-state index contributed by atoms with van der Waals surface area (Å²) in [7, 11) is 1.53. The molecular formula is C12H15NO2S. The van der Waals surface area contributed by atoms with E-state index in [1.807, 2.05) is 23.9 Å². The number of carbonyl (C=O) groups is 1. The first-order chi connectivity index (χ1) is 7.81. The number of nitrogens with one attached hydrogen (secondary N) is 1. The Labute approximate surface area is 99.6 Å². The SMILES string of the molecule is COCC(=O)N[C@@H]1CCSc2ccccc21. The van der Waals surface area contributed by atoms with Gasteiger partial charge in [-0.05, 0) is 18.1 Å². The third-order valence-electron chi connectivity index (χ3n) is 2.57. The van der Waals surface area contributed by atoms with Gasteiger partial charge < -0.3 is 10.1 Å². The lowest BCUT2D eigenvalue weighted by Gasteiger charge is -2.25. The van der Waals surface area contributed by atoms with E-state index in [0.29, 0.717) is 0 Å². The average molecular weight is 237 g/mol. The predicted molar refractivity (Wildman–Crippen MR) is 64.5 cm³/mol. The Morgan fingerprint density at radius 3 is 3.19 bits per heavy atom. The minimum Gasteiger partial charge on any atom is -0.375 e. The van der Waals surface area contributed by atoms with Gasteiger partial charge in [-0.15, -0.1) is 11.8 Å². The topological polar surface area (TPSA) is 38.3 Å². The van der Waals surface area contributed by atoms with E-state index in [1.165, 1.54) is 17.6 Å². The molecule has 0 aromatic heterocycles. The first-order valence-electron chi connectivity index (χ1n) is 5.31. The lowest BCUT2D eigenvalue weighted by atomic mass is 10.0. The molecule has 1 aliphatic heterocycles. The first-order valence-corrected chi connectivity index (χ1v) is 6.30. The maximum Gasteiger partial charge on any atom is 0.246 e. The van der Waals surface area contributed by atoms with E-state index >= 15 is 0 Å². The maximum atomic E-state index is 11.5. The van der Waals surface area contributed by atoms with Gasteiger partial charge in [-0.3, -0.25) is 4.79 Å². The van der Waals surface area contributed by atoms with Crippen LogP contribution in [0.5, 0.6) is 0 Å².